The van der Waals surface area contributed by atoms with E-state index in [1.807, 2.05) is 0 Å². The third-order valence-electron chi connectivity index (χ3n) is 7.79. The molecule has 10 nitrogen and oxygen atoms in total. The molecule has 6 N–H and O–H groups in total. The van der Waals surface area contributed by atoms with Crippen LogP contribution in [0.5, 0.6) is 5.75 Å². The molecule has 10 heteroatoms. The number of benzene rings is 2. The lowest BCUT2D eigenvalue weighted by molar-refractivity contribution is -0.174. The van der Waals surface area contributed by atoms with Crippen LogP contribution in [-0.2, 0) is 25.5 Å². The largest absolute Gasteiger partial charge is 0.511 e. The van der Waals surface area contributed by atoms with E-state index < -0.39 is 82.0 Å². The Labute approximate surface area is 216 Å². The molecule has 0 radical (unpaired) electrons. The summed E-state index contributed by atoms with van der Waals surface area (Å²) in [5.41, 5.74) is 1.98. The highest BCUT2D eigenvalue weighted by molar-refractivity contribution is 6.24. The van der Waals surface area contributed by atoms with Gasteiger partial charge >= 0.3 is 5.97 Å². The Bertz CT molecular complexity index is 1460. The van der Waals surface area contributed by atoms with Crippen molar-refractivity contribution in [2.75, 3.05) is 0 Å². The van der Waals surface area contributed by atoms with Crippen LogP contribution in [0.2, 0.25) is 0 Å². The molecule has 0 saturated heterocycles. The summed E-state index contributed by atoms with van der Waals surface area (Å²) in [6.07, 6.45) is -2.08. The Morgan fingerprint density at radius 1 is 1.05 bits per heavy atom. The van der Waals surface area contributed by atoms with E-state index >= 15 is 0 Å². The number of primary amides is 1. The fraction of sp³-hybridized carbons (Fsp3) is 0.286. The number of allylic oxidation sites excluding steroid dienone is 1. The second kappa shape index (κ2) is 8.84. The maximum Gasteiger partial charge on any atom is 0.310 e. The minimum Gasteiger partial charge on any atom is -0.511 e. The van der Waals surface area contributed by atoms with E-state index in [2.05, 4.69) is 0 Å². The lowest BCUT2D eigenvalue weighted by Gasteiger charge is -2.51. The molecule has 38 heavy (non-hydrogen) atoms. The molecule has 0 fully saturated rings. The van der Waals surface area contributed by atoms with Crippen molar-refractivity contribution in [1.29, 1.82) is 0 Å². The number of aliphatic hydroxyl groups is 3. The molecule has 196 valence electrons. The van der Waals surface area contributed by atoms with E-state index in [1.165, 1.54) is 6.07 Å². The number of phenols is 1. The summed E-state index contributed by atoms with van der Waals surface area (Å²) in [6.45, 7) is 1.69. The first-order valence-corrected chi connectivity index (χ1v) is 12.0. The summed E-state index contributed by atoms with van der Waals surface area (Å²) in [6, 6.07) is 13.1. The predicted octanol–water partition coefficient (Wildman–Crippen LogP) is 1.91. The lowest BCUT2D eigenvalue weighted by atomic mass is 9.56. The molecule has 5 rings (SSSR count). The summed E-state index contributed by atoms with van der Waals surface area (Å²) < 4.78 is 5.84. The third-order valence-corrected chi connectivity index (χ3v) is 7.79. The zero-order valence-electron chi connectivity index (χ0n) is 20.2. The quantitative estimate of drug-likeness (QED) is 0.297. The normalized spacial score (nSPS) is 28.4. The highest BCUT2D eigenvalue weighted by Gasteiger charge is 2.65. The summed E-state index contributed by atoms with van der Waals surface area (Å²) in [5.74, 6) is -9.56. The van der Waals surface area contributed by atoms with Crippen LogP contribution in [0.15, 0.2) is 71.2 Å². The second-order valence-corrected chi connectivity index (χ2v) is 9.86. The topological polar surface area (TPSA) is 184 Å². The van der Waals surface area contributed by atoms with E-state index in [0.717, 1.165) is 0 Å². The van der Waals surface area contributed by atoms with Crippen molar-refractivity contribution in [2.45, 2.75) is 37.4 Å². The fourth-order valence-corrected chi connectivity index (χ4v) is 6.03. The monoisotopic (exact) mass is 519 g/mol. The van der Waals surface area contributed by atoms with Crippen molar-refractivity contribution in [1.82, 2.24) is 0 Å². The zero-order chi connectivity index (χ0) is 27.5. The molecule has 0 heterocycles. The first-order chi connectivity index (χ1) is 18.0. The molecule has 2 aromatic rings. The minimum atomic E-state index is -2.89. The average molecular weight is 520 g/mol. The van der Waals surface area contributed by atoms with Crippen LogP contribution in [0.4, 0.5) is 0 Å². The number of nitrogens with two attached hydrogens (primary N) is 1. The third kappa shape index (κ3) is 3.52. The second-order valence-electron chi connectivity index (χ2n) is 9.86. The minimum absolute atomic E-state index is 0.119. The predicted molar refractivity (Wildman–Crippen MR) is 131 cm³/mol. The Balaban J connectivity index is 1.69. The van der Waals surface area contributed by atoms with Gasteiger partial charge in [-0.1, -0.05) is 49.4 Å². The number of carbonyl (C=O) groups excluding carboxylic acids is 4. The van der Waals surface area contributed by atoms with E-state index in [4.69, 9.17) is 10.5 Å². The van der Waals surface area contributed by atoms with Gasteiger partial charge < -0.3 is 30.9 Å². The molecule has 0 unspecified atom stereocenters. The molecule has 2 aromatic carbocycles. The maximum atomic E-state index is 13.7. The summed E-state index contributed by atoms with van der Waals surface area (Å²) in [7, 11) is 0. The number of hydrogen-bond donors (Lipinski definition) is 5. The van der Waals surface area contributed by atoms with Crippen molar-refractivity contribution in [3.8, 4) is 5.75 Å². The highest BCUT2D eigenvalue weighted by Crippen LogP contribution is 2.55. The number of ether oxygens (including phenoxy) is 1. The van der Waals surface area contributed by atoms with E-state index in [-0.39, 0.29) is 17.7 Å². The SMILES string of the molecule is C[C@H]1c2cccc(O)c2C(=O)C2=C(O)[C@]3(O)C(=O)C(C(N)=O)=C(O)C[C@@H]3[C@@H](OC(=O)Cc3ccccc3)[C@@H]21. The Morgan fingerprint density at radius 3 is 2.39 bits per heavy atom. The molecule has 0 spiro atoms. The fourth-order valence-electron chi connectivity index (χ4n) is 6.03. The highest BCUT2D eigenvalue weighted by atomic mass is 16.5. The number of ketones is 2. The first kappa shape index (κ1) is 25.2. The number of aliphatic hydroxyl groups excluding tert-OH is 2. The van der Waals surface area contributed by atoms with Crippen LogP contribution in [0.25, 0.3) is 0 Å². The summed E-state index contributed by atoms with van der Waals surface area (Å²) >= 11 is 0. The molecule has 1 amide bonds. The number of fused-ring (bicyclic) bond motifs is 3. The number of Topliss-reactive ketones (excluding diaryl/α,β-unsaturated/α-hetero) is 2. The lowest BCUT2D eigenvalue weighted by Crippen LogP contribution is -2.63. The van der Waals surface area contributed by atoms with Crippen LogP contribution in [0.3, 0.4) is 0 Å². The molecule has 0 aromatic heterocycles. The molecule has 3 aliphatic carbocycles. The smallest absolute Gasteiger partial charge is 0.310 e. The van der Waals surface area contributed by atoms with Gasteiger partial charge in [-0.3, -0.25) is 19.2 Å². The summed E-state index contributed by atoms with van der Waals surface area (Å²) in [5, 5.41) is 44.0. The van der Waals surface area contributed by atoms with Gasteiger partial charge in [-0.2, -0.15) is 0 Å². The van der Waals surface area contributed by atoms with Crippen LogP contribution in [0, 0.1) is 11.8 Å². The van der Waals surface area contributed by atoms with Gasteiger partial charge in [0.15, 0.2) is 11.4 Å². The number of rotatable bonds is 4. The zero-order valence-corrected chi connectivity index (χ0v) is 20.2. The Morgan fingerprint density at radius 2 is 1.74 bits per heavy atom. The van der Waals surface area contributed by atoms with E-state index in [9.17, 15) is 39.6 Å². The number of esters is 1. The molecule has 0 bridgehead atoms. The van der Waals surface area contributed by atoms with E-state index in [0.29, 0.717) is 11.1 Å². The number of aromatic hydroxyl groups is 1. The number of carbonyl (C=O) groups is 4. The first-order valence-electron chi connectivity index (χ1n) is 12.0. The molecular formula is C28H25NO9. The number of amides is 1. The molecule has 5 atom stereocenters. The average Bonchev–Trinajstić information content (AvgIpc) is 2.86. The van der Waals surface area contributed by atoms with Gasteiger partial charge in [-0.05, 0) is 23.1 Å². The van der Waals surface area contributed by atoms with Gasteiger partial charge in [0.05, 0.1) is 12.0 Å². The van der Waals surface area contributed by atoms with Gasteiger partial charge in [-0.25, -0.2) is 0 Å². The molecule has 3 aliphatic rings. The standard InChI is InChI=1S/C28H25NO9/c1-12-14-8-5-9-16(30)20(14)23(33)22-19(12)24(38-18(32)10-13-6-3-2-4-7-13)15-11-17(31)21(27(29)36)25(34)28(15,37)26(22)35/h2-9,12,15,19,24,30-31,35,37H,10-11H2,1H3,(H2,29,36)/t12-,15+,19+,24+,28+/m0/s1. The van der Waals surface area contributed by atoms with Gasteiger partial charge in [0.1, 0.15) is 28.9 Å². The van der Waals surface area contributed by atoms with Crippen molar-refractivity contribution >= 4 is 23.4 Å². The van der Waals surface area contributed by atoms with Gasteiger partial charge in [0, 0.05) is 23.8 Å². The van der Waals surface area contributed by atoms with Crippen molar-refractivity contribution in [3.05, 3.63) is 87.9 Å². The van der Waals surface area contributed by atoms with Gasteiger partial charge in [0.2, 0.25) is 5.78 Å². The van der Waals surface area contributed by atoms with Crippen molar-refractivity contribution in [2.24, 2.45) is 17.6 Å². The maximum absolute atomic E-state index is 13.7. The van der Waals surface area contributed by atoms with Crippen LogP contribution < -0.4 is 5.73 Å². The van der Waals surface area contributed by atoms with Crippen LogP contribution >= 0.6 is 0 Å². The number of phenolic OH excluding ortho intramolecular Hbond substituents is 1. The van der Waals surface area contributed by atoms with E-state index in [1.54, 1.807) is 49.4 Å². The van der Waals surface area contributed by atoms with Crippen molar-refractivity contribution in [3.63, 3.8) is 0 Å². The number of hydrogen-bond acceptors (Lipinski definition) is 9. The summed E-state index contributed by atoms with van der Waals surface area (Å²) in [4.78, 5) is 52.1. The molecule has 0 saturated carbocycles. The molecular weight excluding hydrogens is 494 g/mol. The Kier molecular flexibility index (Phi) is 5.87. The van der Waals surface area contributed by atoms with Crippen molar-refractivity contribution < 1.29 is 44.3 Å². The van der Waals surface area contributed by atoms with Gasteiger partial charge in [-0.15, -0.1) is 0 Å². The van der Waals surface area contributed by atoms with Crippen LogP contribution in [-0.4, -0.2) is 55.6 Å². The Hall–Kier alpha value is -4.44. The van der Waals surface area contributed by atoms with Crippen LogP contribution in [0.1, 0.15) is 40.7 Å². The molecule has 0 aliphatic heterocycles. The van der Waals surface area contributed by atoms with Gasteiger partial charge in [0.25, 0.3) is 5.91 Å².